The lowest BCUT2D eigenvalue weighted by molar-refractivity contribution is -0.125. The van der Waals surface area contributed by atoms with E-state index in [9.17, 15) is 4.79 Å². The number of nitrogens with zero attached hydrogens (tertiary/aromatic N) is 3. The van der Waals surface area contributed by atoms with Crippen LogP contribution >= 0.6 is 34.4 Å². The van der Waals surface area contributed by atoms with Gasteiger partial charge in [0.15, 0.2) is 4.34 Å². The number of nitrogens with one attached hydrogen (secondary N) is 1. The molecule has 1 fully saturated rings. The molecule has 1 amide bonds. The molecule has 8 heteroatoms. The largest absolute Gasteiger partial charge is 0.300 e. The monoisotopic (exact) mass is 404 g/mol. The van der Waals surface area contributed by atoms with E-state index < -0.39 is 0 Å². The van der Waals surface area contributed by atoms with Gasteiger partial charge in [-0.15, -0.1) is 21.5 Å². The summed E-state index contributed by atoms with van der Waals surface area (Å²) < 4.78 is 2.08. The fraction of sp³-hybridized carbons (Fsp3) is 0.444. The summed E-state index contributed by atoms with van der Waals surface area (Å²) in [7, 11) is 0. The summed E-state index contributed by atoms with van der Waals surface area (Å²) in [6.07, 6.45) is 4.69. The third kappa shape index (κ3) is 3.63. The van der Waals surface area contributed by atoms with Gasteiger partial charge in [-0.2, -0.15) is 0 Å². The van der Waals surface area contributed by atoms with Crippen molar-refractivity contribution in [2.75, 3.05) is 11.1 Å². The average Bonchev–Trinajstić information content (AvgIpc) is 3.35. The Hall–Kier alpha value is -1.51. The predicted molar refractivity (Wildman–Crippen MR) is 109 cm³/mol. The van der Waals surface area contributed by atoms with Crippen LogP contribution in [0.5, 0.6) is 0 Å². The molecule has 1 N–H and O–H groups in total. The van der Waals surface area contributed by atoms with Gasteiger partial charge in [-0.3, -0.25) is 4.79 Å². The molecule has 1 aliphatic rings. The lowest BCUT2D eigenvalue weighted by Crippen LogP contribution is -2.35. The number of hydrogen-bond donors (Lipinski definition) is 1. The molecule has 0 saturated heterocycles. The van der Waals surface area contributed by atoms with Crippen molar-refractivity contribution >= 4 is 55.7 Å². The summed E-state index contributed by atoms with van der Waals surface area (Å²) in [5, 5.41) is 12.9. The van der Waals surface area contributed by atoms with Crippen molar-refractivity contribution in [3.8, 4) is 0 Å². The second-order valence-electron chi connectivity index (χ2n) is 6.50. The summed E-state index contributed by atoms with van der Waals surface area (Å²) in [5.41, 5.74) is 0.642. The zero-order chi connectivity index (χ0) is 18.0. The number of thioether (sulfide) groups is 1. The topological polar surface area (TPSA) is 67.8 Å². The minimum Gasteiger partial charge on any atom is -0.300 e. The van der Waals surface area contributed by atoms with Crippen LogP contribution in [0.1, 0.15) is 37.6 Å². The Balaban J connectivity index is 1.54. The number of rotatable bonds is 6. The Bertz CT molecular complexity index is 881. The number of benzene rings is 1. The van der Waals surface area contributed by atoms with E-state index in [1.165, 1.54) is 16.0 Å². The molecule has 2 heterocycles. The Morgan fingerprint density at radius 3 is 2.81 bits per heavy atom. The second kappa shape index (κ2) is 7.62. The molecule has 0 radical (unpaired) electrons. The number of thiazole rings is 1. The van der Waals surface area contributed by atoms with Crippen LogP contribution in [-0.2, 0) is 11.2 Å². The molecule has 1 aromatic carbocycles. The molecule has 0 aliphatic heterocycles. The maximum absolute atomic E-state index is 13.1. The third-order valence-corrected chi connectivity index (χ3v) is 7.66. The van der Waals surface area contributed by atoms with Crippen LogP contribution in [0, 0.1) is 5.41 Å². The van der Waals surface area contributed by atoms with Gasteiger partial charge < -0.3 is 5.32 Å². The molecular weight excluding hydrogens is 384 g/mol. The standard InChI is InChI=1S/C18H20N4OS3/c1-2-24-17-22-21-16(26-17)20-15(23)18(9-5-6-10-18)11-14-19-12-7-3-4-8-13(12)25-14/h3-4,7-8H,2,5-6,9-11H2,1H3,(H,20,21,23). The van der Waals surface area contributed by atoms with Crippen LogP contribution in [0.15, 0.2) is 28.6 Å². The molecule has 1 saturated carbocycles. The first-order valence-corrected chi connectivity index (χ1v) is 11.4. The summed E-state index contributed by atoms with van der Waals surface area (Å²) >= 11 is 4.79. The molecule has 26 heavy (non-hydrogen) atoms. The molecule has 3 aromatic rings. The summed E-state index contributed by atoms with van der Waals surface area (Å²) in [6.45, 7) is 2.08. The number of carbonyl (C=O) groups is 1. The normalized spacial score (nSPS) is 16.2. The lowest BCUT2D eigenvalue weighted by atomic mass is 9.82. The molecule has 0 bridgehead atoms. The molecule has 4 rings (SSSR count). The first-order chi connectivity index (χ1) is 12.7. The summed E-state index contributed by atoms with van der Waals surface area (Å²) in [5.74, 6) is 1.02. The van der Waals surface area contributed by atoms with Gasteiger partial charge >= 0.3 is 0 Å². The number of carbonyl (C=O) groups excluding carboxylic acids is 1. The quantitative estimate of drug-likeness (QED) is 0.462. The van der Waals surface area contributed by atoms with Gasteiger partial charge in [0.05, 0.1) is 20.6 Å². The summed E-state index contributed by atoms with van der Waals surface area (Å²) in [4.78, 5) is 17.9. The number of amides is 1. The van der Waals surface area contributed by atoms with Gasteiger partial charge in [-0.05, 0) is 30.7 Å². The van der Waals surface area contributed by atoms with E-state index in [4.69, 9.17) is 4.98 Å². The van der Waals surface area contributed by atoms with Crippen LogP contribution < -0.4 is 5.32 Å². The molecule has 0 spiro atoms. The van der Waals surface area contributed by atoms with Crippen molar-refractivity contribution in [2.45, 2.75) is 43.4 Å². The van der Waals surface area contributed by atoms with E-state index in [0.29, 0.717) is 11.6 Å². The highest BCUT2D eigenvalue weighted by atomic mass is 32.2. The van der Waals surface area contributed by atoms with Gasteiger partial charge in [0.1, 0.15) is 0 Å². The Morgan fingerprint density at radius 2 is 2.04 bits per heavy atom. The SMILES string of the molecule is CCSc1nnc(NC(=O)C2(Cc3nc4ccccc4s3)CCCC2)s1. The molecule has 0 unspecified atom stereocenters. The van der Waals surface area contributed by atoms with Gasteiger partial charge in [0, 0.05) is 6.42 Å². The molecule has 136 valence electrons. The number of fused-ring (bicyclic) bond motifs is 1. The van der Waals surface area contributed by atoms with Gasteiger partial charge in [-0.1, -0.05) is 55.0 Å². The maximum Gasteiger partial charge on any atom is 0.232 e. The Morgan fingerprint density at radius 1 is 1.23 bits per heavy atom. The highest BCUT2D eigenvalue weighted by Crippen LogP contribution is 2.43. The molecule has 0 atom stereocenters. The number of anilines is 1. The summed E-state index contributed by atoms with van der Waals surface area (Å²) in [6, 6.07) is 8.16. The van der Waals surface area contributed by atoms with Crippen molar-refractivity contribution < 1.29 is 4.79 Å². The van der Waals surface area contributed by atoms with Crippen LogP contribution in [-0.4, -0.2) is 26.8 Å². The molecular formula is C18H20N4OS3. The Labute approximate surface area is 164 Å². The van der Waals surface area contributed by atoms with E-state index in [-0.39, 0.29) is 11.3 Å². The lowest BCUT2D eigenvalue weighted by Gasteiger charge is -2.25. The number of aromatic nitrogens is 3. The fourth-order valence-corrected chi connectivity index (χ4v) is 6.25. The smallest absolute Gasteiger partial charge is 0.232 e. The van der Waals surface area contributed by atoms with E-state index in [1.54, 1.807) is 23.1 Å². The molecule has 5 nitrogen and oxygen atoms in total. The van der Waals surface area contributed by atoms with E-state index >= 15 is 0 Å². The zero-order valence-electron chi connectivity index (χ0n) is 14.5. The van der Waals surface area contributed by atoms with Crippen molar-refractivity contribution in [3.05, 3.63) is 29.3 Å². The van der Waals surface area contributed by atoms with Crippen molar-refractivity contribution in [2.24, 2.45) is 5.41 Å². The first-order valence-electron chi connectivity index (χ1n) is 8.81. The zero-order valence-corrected chi connectivity index (χ0v) is 17.0. The molecule has 2 aromatic heterocycles. The average molecular weight is 405 g/mol. The minimum absolute atomic E-state index is 0.0680. The second-order valence-corrected chi connectivity index (χ2v) is 10.1. The van der Waals surface area contributed by atoms with Crippen LogP contribution in [0.3, 0.4) is 0 Å². The highest BCUT2D eigenvalue weighted by molar-refractivity contribution is 8.01. The van der Waals surface area contributed by atoms with Gasteiger partial charge in [-0.25, -0.2) is 4.98 Å². The van der Waals surface area contributed by atoms with Crippen LogP contribution in [0.4, 0.5) is 5.13 Å². The van der Waals surface area contributed by atoms with E-state index in [0.717, 1.165) is 46.3 Å². The molecule has 1 aliphatic carbocycles. The van der Waals surface area contributed by atoms with Crippen molar-refractivity contribution in [3.63, 3.8) is 0 Å². The van der Waals surface area contributed by atoms with E-state index in [1.807, 2.05) is 18.2 Å². The minimum atomic E-state index is -0.377. The fourth-order valence-electron chi connectivity index (χ4n) is 3.49. The van der Waals surface area contributed by atoms with Crippen LogP contribution in [0.25, 0.3) is 10.2 Å². The van der Waals surface area contributed by atoms with Gasteiger partial charge in [0.2, 0.25) is 11.0 Å². The predicted octanol–water partition coefficient (Wildman–Crippen LogP) is 5.00. The van der Waals surface area contributed by atoms with E-state index in [2.05, 4.69) is 28.5 Å². The van der Waals surface area contributed by atoms with Crippen molar-refractivity contribution in [1.82, 2.24) is 15.2 Å². The van der Waals surface area contributed by atoms with Crippen LogP contribution in [0.2, 0.25) is 0 Å². The van der Waals surface area contributed by atoms with Gasteiger partial charge in [0.25, 0.3) is 0 Å². The number of para-hydroxylation sites is 1. The highest BCUT2D eigenvalue weighted by Gasteiger charge is 2.42. The first kappa shape index (κ1) is 17.9. The maximum atomic E-state index is 13.1. The van der Waals surface area contributed by atoms with Crippen molar-refractivity contribution in [1.29, 1.82) is 0 Å². The Kier molecular flexibility index (Phi) is 5.24. The third-order valence-electron chi connectivity index (χ3n) is 4.76. The number of hydrogen-bond acceptors (Lipinski definition) is 7.